The van der Waals surface area contributed by atoms with Crippen molar-refractivity contribution in [2.75, 3.05) is 12.8 Å². The van der Waals surface area contributed by atoms with Crippen LogP contribution >= 0.6 is 11.8 Å². The molecule has 0 saturated carbocycles. The van der Waals surface area contributed by atoms with E-state index in [0.717, 1.165) is 6.54 Å². The maximum atomic E-state index is 3.57. The van der Waals surface area contributed by atoms with Gasteiger partial charge < -0.3 is 5.32 Å². The van der Waals surface area contributed by atoms with Crippen LogP contribution < -0.4 is 5.32 Å². The highest BCUT2D eigenvalue weighted by Crippen LogP contribution is 2.21. The first-order valence-electron chi connectivity index (χ1n) is 6.89. The molecule has 0 fully saturated rings. The van der Waals surface area contributed by atoms with Crippen LogP contribution in [-0.2, 0) is 6.42 Å². The Hall–Kier alpha value is -0.470. The van der Waals surface area contributed by atoms with E-state index in [4.69, 9.17) is 0 Å². The van der Waals surface area contributed by atoms with Gasteiger partial charge in [0.2, 0.25) is 0 Å². The van der Waals surface area contributed by atoms with Crippen molar-refractivity contribution in [3.63, 3.8) is 0 Å². The third-order valence-corrected chi connectivity index (χ3v) is 4.09. The predicted octanol–water partition coefficient (Wildman–Crippen LogP) is 4.22. The van der Waals surface area contributed by atoms with Crippen molar-refractivity contribution in [3.05, 3.63) is 29.8 Å². The lowest BCUT2D eigenvalue weighted by Gasteiger charge is -2.23. The minimum absolute atomic E-state index is 0.573. The molecule has 0 aromatic heterocycles. The van der Waals surface area contributed by atoms with Crippen LogP contribution in [0.5, 0.6) is 0 Å². The number of thioether (sulfide) groups is 1. The van der Waals surface area contributed by atoms with Crippen LogP contribution in [0.25, 0.3) is 0 Å². The molecule has 1 atom stereocenters. The predicted molar refractivity (Wildman–Crippen MR) is 83.4 cm³/mol. The highest BCUT2D eigenvalue weighted by Gasteiger charge is 2.14. The van der Waals surface area contributed by atoms with Gasteiger partial charge in [0.1, 0.15) is 0 Å². The summed E-state index contributed by atoms with van der Waals surface area (Å²) >= 11 is 1.82. The Bertz CT molecular complexity index is 347. The Kier molecular flexibility index (Phi) is 6.80. The van der Waals surface area contributed by atoms with Gasteiger partial charge in [0.15, 0.2) is 0 Å². The topological polar surface area (TPSA) is 12.0 Å². The highest BCUT2D eigenvalue weighted by atomic mass is 32.2. The number of rotatable bonds is 7. The maximum absolute atomic E-state index is 3.57. The van der Waals surface area contributed by atoms with Crippen LogP contribution in [0.2, 0.25) is 0 Å². The molecule has 18 heavy (non-hydrogen) atoms. The molecule has 1 unspecified atom stereocenters. The van der Waals surface area contributed by atoms with Gasteiger partial charge in [-0.15, -0.1) is 11.8 Å². The lowest BCUT2D eigenvalue weighted by atomic mass is 9.89. The molecule has 0 bridgehead atoms. The molecular weight excluding hydrogens is 238 g/mol. The molecule has 0 amide bonds. The van der Waals surface area contributed by atoms with Gasteiger partial charge in [-0.1, -0.05) is 39.8 Å². The van der Waals surface area contributed by atoms with E-state index in [0.29, 0.717) is 17.9 Å². The molecule has 2 heteroatoms. The van der Waals surface area contributed by atoms with Crippen LogP contribution in [0, 0.1) is 11.8 Å². The normalized spacial score (nSPS) is 13.3. The van der Waals surface area contributed by atoms with Crippen LogP contribution in [0.4, 0.5) is 0 Å². The summed E-state index contributed by atoms with van der Waals surface area (Å²) in [5, 5.41) is 3.57. The molecule has 0 aliphatic rings. The minimum Gasteiger partial charge on any atom is -0.314 e. The van der Waals surface area contributed by atoms with Crippen molar-refractivity contribution in [2.24, 2.45) is 11.8 Å². The fourth-order valence-electron chi connectivity index (χ4n) is 2.03. The Balaban J connectivity index is 2.64. The smallest absolute Gasteiger partial charge is 0.00718 e. The highest BCUT2D eigenvalue weighted by molar-refractivity contribution is 7.98. The van der Waals surface area contributed by atoms with Gasteiger partial charge in [0.25, 0.3) is 0 Å². The van der Waals surface area contributed by atoms with E-state index in [1.54, 1.807) is 0 Å². The van der Waals surface area contributed by atoms with E-state index in [9.17, 15) is 0 Å². The first-order chi connectivity index (χ1) is 8.52. The van der Waals surface area contributed by atoms with Gasteiger partial charge >= 0.3 is 0 Å². The van der Waals surface area contributed by atoms with E-state index in [2.05, 4.69) is 63.5 Å². The summed E-state index contributed by atoms with van der Waals surface area (Å²) < 4.78 is 0. The first kappa shape index (κ1) is 15.6. The Labute approximate surface area is 117 Å². The third-order valence-electron chi connectivity index (χ3n) is 3.36. The van der Waals surface area contributed by atoms with E-state index in [-0.39, 0.29) is 0 Å². The van der Waals surface area contributed by atoms with Crippen molar-refractivity contribution in [2.45, 2.75) is 45.1 Å². The van der Waals surface area contributed by atoms with Crippen LogP contribution in [0.15, 0.2) is 29.2 Å². The lowest BCUT2D eigenvalue weighted by Crippen LogP contribution is -2.32. The lowest BCUT2D eigenvalue weighted by molar-refractivity contribution is 0.349. The summed E-state index contributed by atoms with van der Waals surface area (Å²) in [6.45, 7) is 10.2. The van der Waals surface area contributed by atoms with Crippen LogP contribution in [-0.4, -0.2) is 18.8 Å². The second-order valence-corrected chi connectivity index (χ2v) is 6.50. The summed E-state index contributed by atoms with van der Waals surface area (Å²) in [6, 6.07) is 9.52. The second-order valence-electron chi connectivity index (χ2n) is 5.62. The van der Waals surface area contributed by atoms with E-state index >= 15 is 0 Å². The molecule has 0 radical (unpaired) electrons. The Morgan fingerprint density at radius 3 is 2.44 bits per heavy atom. The van der Waals surface area contributed by atoms with E-state index < -0.39 is 0 Å². The zero-order valence-electron chi connectivity index (χ0n) is 12.4. The van der Waals surface area contributed by atoms with E-state index in [1.807, 2.05) is 11.8 Å². The van der Waals surface area contributed by atoms with Crippen molar-refractivity contribution in [3.8, 4) is 0 Å². The Morgan fingerprint density at radius 2 is 1.89 bits per heavy atom. The summed E-state index contributed by atoms with van der Waals surface area (Å²) in [5.74, 6) is 1.43. The van der Waals surface area contributed by atoms with Gasteiger partial charge in [-0.25, -0.2) is 0 Å². The first-order valence-corrected chi connectivity index (χ1v) is 8.11. The van der Waals surface area contributed by atoms with Crippen molar-refractivity contribution in [1.29, 1.82) is 0 Å². The average molecular weight is 265 g/mol. The van der Waals surface area contributed by atoms with Crippen molar-refractivity contribution >= 4 is 11.8 Å². The van der Waals surface area contributed by atoms with Gasteiger partial charge in [-0.05, 0) is 48.8 Å². The molecule has 1 nitrogen and oxygen atoms in total. The van der Waals surface area contributed by atoms with Crippen molar-refractivity contribution in [1.82, 2.24) is 5.32 Å². The molecule has 1 aromatic rings. The van der Waals surface area contributed by atoms with Gasteiger partial charge in [-0.2, -0.15) is 0 Å². The second kappa shape index (κ2) is 7.85. The summed E-state index contributed by atoms with van der Waals surface area (Å²) in [5.41, 5.74) is 1.46. The molecule has 0 saturated heterocycles. The summed E-state index contributed by atoms with van der Waals surface area (Å²) in [6.07, 6.45) is 3.31. The molecule has 1 N–H and O–H groups in total. The Morgan fingerprint density at radius 1 is 1.17 bits per heavy atom. The zero-order valence-corrected chi connectivity index (χ0v) is 13.2. The monoisotopic (exact) mass is 265 g/mol. The number of hydrogen-bond donors (Lipinski definition) is 1. The maximum Gasteiger partial charge on any atom is 0.00718 e. The largest absolute Gasteiger partial charge is 0.314 e. The molecule has 0 spiro atoms. The SMILES string of the molecule is CSc1cccc(CC(CNC(C)C)C(C)C)c1. The molecule has 1 aromatic carbocycles. The zero-order chi connectivity index (χ0) is 13.5. The summed E-state index contributed by atoms with van der Waals surface area (Å²) in [4.78, 5) is 1.37. The standard InChI is InChI=1S/C16H27NS/c1-12(2)15(11-17-13(3)4)9-14-7-6-8-16(10-14)18-5/h6-8,10,12-13,15,17H,9,11H2,1-5H3. The molecular formula is C16H27NS. The minimum atomic E-state index is 0.573. The fraction of sp³-hybridized carbons (Fsp3) is 0.625. The van der Waals surface area contributed by atoms with Gasteiger partial charge in [0, 0.05) is 10.9 Å². The van der Waals surface area contributed by atoms with Gasteiger partial charge in [-0.3, -0.25) is 0 Å². The van der Waals surface area contributed by atoms with Crippen LogP contribution in [0.1, 0.15) is 33.3 Å². The number of hydrogen-bond acceptors (Lipinski definition) is 2. The van der Waals surface area contributed by atoms with Crippen LogP contribution in [0.3, 0.4) is 0 Å². The number of nitrogens with one attached hydrogen (secondary N) is 1. The molecule has 102 valence electrons. The average Bonchev–Trinajstić information content (AvgIpc) is 2.34. The third kappa shape index (κ3) is 5.45. The molecule has 0 aliphatic carbocycles. The molecule has 0 aliphatic heterocycles. The molecule has 0 heterocycles. The van der Waals surface area contributed by atoms with E-state index in [1.165, 1.54) is 16.9 Å². The van der Waals surface area contributed by atoms with Crippen molar-refractivity contribution < 1.29 is 0 Å². The molecule has 1 rings (SSSR count). The number of benzene rings is 1. The quantitative estimate of drug-likeness (QED) is 0.741. The fourth-order valence-corrected chi connectivity index (χ4v) is 2.52. The van der Waals surface area contributed by atoms with Gasteiger partial charge in [0.05, 0.1) is 0 Å². The summed E-state index contributed by atoms with van der Waals surface area (Å²) in [7, 11) is 0.